The number of carbonyl (C=O) groups is 3. The second kappa shape index (κ2) is 10.2. The second-order valence-corrected chi connectivity index (χ2v) is 8.84. The molecule has 2 fully saturated rings. The molecule has 0 unspecified atom stereocenters. The van der Waals surface area contributed by atoms with Gasteiger partial charge in [0.15, 0.2) is 0 Å². The van der Waals surface area contributed by atoms with Crippen LogP contribution in [-0.4, -0.2) is 82.5 Å². The number of nitrogens with one attached hydrogen (secondary N) is 2. The summed E-state index contributed by atoms with van der Waals surface area (Å²) in [5, 5.41) is 35.3. The van der Waals surface area contributed by atoms with Crippen LogP contribution in [0.2, 0.25) is 0 Å². The summed E-state index contributed by atoms with van der Waals surface area (Å²) in [6, 6.07) is 1.93. The zero-order chi connectivity index (χ0) is 23.4. The van der Waals surface area contributed by atoms with Crippen LogP contribution in [0.5, 0.6) is 0 Å². The third-order valence-corrected chi connectivity index (χ3v) is 7.20. The van der Waals surface area contributed by atoms with Crippen molar-refractivity contribution in [1.82, 2.24) is 20.6 Å². The van der Waals surface area contributed by atoms with Crippen molar-refractivity contribution in [3.63, 3.8) is 0 Å². The highest BCUT2D eigenvalue weighted by Crippen LogP contribution is 2.45. The van der Waals surface area contributed by atoms with Gasteiger partial charge in [0.25, 0.3) is 6.47 Å². The summed E-state index contributed by atoms with van der Waals surface area (Å²) >= 11 is 1.55. The molecule has 32 heavy (non-hydrogen) atoms. The molecule has 2 aromatic heterocycles. The predicted octanol–water partition coefficient (Wildman–Crippen LogP) is -0.706. The summed E-state index contributed by atoms with van der Waals surface area (Å²) in [6.07, 6.45) is -0.392. The number of nitrogens with zero attached hydrogens (tertiary/aromatic N) is 3. The molecule has 2 amide bonds. The van der Waals surface area contributed by atoms with Crippen LogP contribution in [0, 0.1) is 23.7 Å². The minimum Gasteiger partial charge on any atom is -0.483 e. The number of thiophene rings is 1. The van der Waals surface area contributed by atoms with Gasteiger partial charge in [-0.2, -0.15) is 0 Å². The van der Waals surface area contributed by atoms with Gasteiger partial charge in [-0.05, 0) is 23.3 Å². The van der Waals surface area contributed by atoms with Crippen molar-refractivity contribution in [2.75, 3.05) is 31.6 Å². The molecule has 1 aliphatic carbocycles. The molecule has 1 aliphatic heterocycles. The standard InChI is InChI=1S/C19H25N5O4S.CH2O2/c1-9-14(19(28)21-5-13(25)20-2)10-6-24(7-11(10)16(27)15(9)26)18-17-12(3-4-29-17)22-8-23-18;2-1-3/h3-4,8-11,14-16,26-27H,5-7H2,1-2H3,(H,20,25)(H,21,28);1H,(H,2,3)/t9-,10+,11+,14+,15+,16+;/m1./s1. The highest BCUT2D eigenvalue weighted by molar-refractivity contribution is 7.17. The van der Waals surface area contributed by atoms with Crippen molar-refractivity contribution >= 4 is 45.7 Å². The summed E-state index contributed by atoms with van der Waals surface area (Å²) in [4.78, 5) is 43.6. The highest BCUT2D eigenvalue weighted by atomic mass is 32.1. The maximum Gasteiger partial charge on any atom is 0.290 e. The number of hydrogen-bond acceptors (Lipinski definition) is 9. The fraction of sp³-hybridized carbons (Fsp3) is 0.550. The van der Waals surface area contributed by atoms with Crippen LogP contribution in [0.4, 0.5) is 5.82 Å². The van der Waals surface area contributed by atoms with Gasteiger partial charge in [-0.1, -0.05) is 6.92 Å². The van der Waals surface area contributed by atoms with E-state index in [1.54, 1.807) is 18.3 Å². The van der Waals surface area contributed by atoms with Gasteiger partial charge in [-0.25, -0.2) is 9.97 Å². The van der Waals surface area contributed by atoms with E-state index in [1.807, 2.05) is 11.4 Å². The number of rotatable bonds is 4. The lowest BCUT2D eigenvalue weighted by Gasteiger charge is -2.43. The van der Waals surface area contributed by atoms with Gasteiger partial charge in [0.05, 0.1) is 29.0 Å². The van der Waals surface area contributed by atoms with Crippen molar-refractivity contribution in [2.45, 2.75) is 19.1 Å². The van der Waals surface area contributed by atoms with E-state index in [4.69, 9.17) is 9.90 Å². The summed E-state index contributed by atoms with van der Waals surface area (Å²) in [5.74, 6) is -1.11. The van der Waals surface area contributed by atoms with Gasteiger partial charge in [-0.15, -0.1) is 11.3 Å². The number of aliphatic hydroxyl groups excluding tert-OH is 2. The number of carboxylic acid groups (broad SMARTS) is 1. The summed E-state index contributed by atoms with van der Waals surface area (Å²) in [5.41, 5.74) is 0.865. The van der Waals surface area contributed by atoms with Crippen LogP contribution >= 0.6 is 11.3 Å². The molecular weight excluding hydrogens is 438 g/mol. The maximum absolute atomic E-state index is 12.9. The SMILES string of the molecule is CNC(=O)CNC(=O)[C@H]1[C@@H](C)[C@H](O)[C@@H](O)[C@H]2CN(c3ncnc4ccsc34)C[C@@H]21.O=CO. The summed E-state index contributed by atoms with van der Waals surface area (Å²) in [6.45, 7) is 2.46. The number of carbonyl (C=O) groups excluding carboxylic acids is 2. The molecule has 0 spiro atoms. The largest absolute Gasteiger partial charge is 0.483 e. The third-order valence-electron chi connectivity index (χ3n) is 6.30. The van der Waals surface area contributed by atoms with E-state index in [0.29, 0.717) is 13.1 Å². The molecule has 0 bridgehead atoms. The van der Waals surface area contributed by atoms with E-state index in [-0.39, 0.29) is 36.7 Å². The molecule has 6 atom stereocenters. The minimum atomic E-state index is -1.00. The molecule has 11 nitrogen and oxygen atoms in total. The number of fused-ring (bicyclic) bond motifs is 2. The Morgan fingerprint density at radius 3 is 2.62 bits per heavy atom. The van der Waals surface area contributed by atoms with Crippen molar-refractivity contribution in [3.05, 3.63) is 17.8 Å². The minimum absolute atomic E-state index is 0.111. The third kappa shape index (κ3) is 4.52. The van der Waals surface area contributed by atoms with E-state index in [0.717, 1.165) is 16.0 Å². The van der Waals surface area contributed by atoms with E-state index in [9.17, 15) is 19.8 Å². The lowest BCUT2D eigenvalue weighted by molar-refractivity contribution is -0.146. The molecule has 174 valence electrons. The van der Waals surface area contributed by atoms with E-state index >= 15 is 0 Å². The van der Waals surface area contributed by atoms with Crippen LogP contribution < -0.4 is 15.5 Å². The second-order valence-electron chi connectivity index (χ2n) is 7.93. The molecule has 5 N–H and O–H groups in total. The van der Waals surface area contributed by atoms with Gasteiger partial charge in [0, 0.05) is 32.0 Å². The van der Waals surface area contributed by atoms with Gasteiger partial charge in [-0.3, -0.25) is 14.4 Å². The molecule has 0 radical (unpaired) electrons. The van der Waals surface area contributed by atoms with E-state index < -0.39 is 24.0 Å². The van der Waals surface area contributed by atoms with Crippen LogP contribution in [0.15, 0.2) is 17.8 Å². The van der Waals surface area contributed by atoms with Crippen molar-refractivity contribution in [1.29, 1.82) is 0 Å². The molecule has 12 heteroatoms. The van der Waals surface area contributed by atoms with Gasteiger partial charge in [0.1, 0.15) is 12.1 Å². The summed E-state index contributed by atoms with van der Waals surface area (Å²) < 4.78 is 0.967. The Morgan fingerprint density at radius 1 is 1.25 bits per heavy atom. The number of aromatic nitrogens is 2. The van der Waals surface area contributed by atoms with E-state index in [2.05, 4.69) is 25.5 Å². The smallest absolute Gasteiger partial charge is 0.290 e. The molecule has 1 saturated carbocycles. The maximum atomic E-state index is 12.9. The molecule has 2 aliphatic rings. The van der Waals surface area contributed by atoms with Crippen LogP contribution in [0.25, 0.3) is 10.2 Å². The molecule has 3 heterocycles. The van der Waals surface area contributed by atoms with Crippen molar-refractivity contribution < 1.29 is 29.7 Å². The van der Waals surface area contributed by atoms with Gasteiger partial charge < -0.3 is 30.9 Å². The fourth-order valence-corrected chi connectivity index (χ4v) is 5.60. The van der Waals surface area contributed by atoms with Crippen LogP contribution in [-0.2, 0) is 14.4 Å². The molecule has 4 rings (SSSR count). The Balaban J connectivity index is 0.000000913. The van der Waals surface area contributed by atoms with Gasteiger partial charge >= 0.3 is 0 Å². The van der Waals surface area contributed by atoms with E-state index in [1.165, 1.54) is 13.4 Å². The number of hydrogen-bond donors (Lipinski definition) is 5. The average molecular weight is 466 g/mol. The summed E-state index contributed by atoms with van der Waals surface area (Å²) in [7, 11) is 1.51. The zero-order valence-electron chi connectivity index (χ0n) is 17.7. The van der Waals surface area contributed by atoms with Crippen LogP contribution in [0.1, 0.15) is 6.92 Å². The first kappa shape index (κ1) is 23.8. The normalized spacial score (nSPS) is 28.9. The number of anilines is 1. The molecule has 0 aromatic carbocycles. The lowest BCUT2D eigenvalue weighted by Crippen LogP contribution is -2.56. The molecule has 2 aromatic rings. The first-order valence-corrected chi connectivity index (χ1v) is 11.1. The lowest BCUT2D eigenvalue weighted by atomic mass is 9.65. The Hall–Kier alpha value is -2.83. The number of aliphatic hydroxyl groups is 2. The Kier molecular flexibility index (Phi) is 7.59. The monoisotopic (exact) mass is 465 g/mol. The number of amides is 2. The van der Waals surface area contributed by atoms with Crippen molar-refractivity contribution in [3.8, 4) is 0 Å². The van der Waals surface area contributed by atoms with Crippen LogP contribution in [0.3, 0.4) is 0 Å². The Labute approximate surface area is 188 Å². The highest BCUT2D eigenvalue weighted by Gasteiger charge is 2.54. The first-order chi connectivity index (χ1) is 15.3. The quantitative estimate of drug-likeness (QED) is 0.367. The Bertz CT molecular complexity index is 971. The zero-order valence-corrected chi connectivity index (χ0v) is 18.5. The molecular formula is C20H27N5O6S. The Morgan fingerprint density at radius 2 is 1.94 bits per heavy atom. The topological polar surface area (TPSA) is 165 Å². The molecule has 1 saturated heterocycles. The van der Waals surface area contributed by atoms with Crippen molar-refractivity contribution in [2.24, 2.45) is 23.7 Å². The average Bonchev–Trinajstić information content (AvgIpc) is 3.44. The number of likely N-dealkylation sites (N-methyl/N-ethyl adjacent to an activating group) is 1. The predicted molar refractivity (Wildman–Crippen MR) is 117 cm³/mol. The first-order valence-electron chi connectivity index (χ1n) is 10.2. The van der Waals surface area contributed by atoms with Gasteiger partial charge in [0.2, 0.25) is 11.8 Å². The fourth-order valence-electron chi connectivity index (χ4n) is 4.74.